The highest BCUT2D eigenvalue weighted by Crippen LogP contribution is 2.21. The smallest absolute Gasteiger partial charge is 0.128 e. The van der Waals surface area contributed by atoms with Gasteiger partial charge < -0.3 is 9.94 Å². The number of oxime groups is 1. The van der Waals surface area contributed by atoms with Crippen molar-refractivity contribution < 1.29 is 9.94 Å². The zero-order chi connectivity index (χ0) is 10.4. The van der Waals surface area contributed by atoms with Gasteiger partial charge in [-0.05, 0) is 18.2 Å². The predicted octanol–water partition coefficient (Wildman–Crippen LogP) is 2.71. The van der Waals surface area contributed by atoms with Gasteiger partial charge in [-0.3, -0.25) is 0 Å². The molecule has 1 N–H and O–H groups in total. The van der Waals surface area contributed by atoms with E-state index in [1.807, 2.05) is 0 Å². The molecule has 4 heteroatoms. The van der Waals surface area contributed by atoms with Gasteiger partial charge in [-0.15, -0.1) is 0 Å². The minimum atomic E-state index is 0.397. The zero-order valence-electron chi connectivity index (χ0n) is 7.48. The van der Waals surface area contributed by atoms with Crippen LogP contribution in [0.2, 0.25) is 5.02 Å². The summed E-state index contributed by atoms with van der Waals surface area (Å²) in [6, 6.07) is 5.07. The number of halogens is 1. The van der Waals surface area contributed by atoms with E-state index in [1.54, 1.807) is 24.3 Å². The second-order valence-corrected chi connectivity index (χ2v) is 2.96. The minimum Gasteiger partial charge on any atom is -0.489 e. The number of hydrogen-bond acceptors (Lipinski definition) is 3. The van der Waals surface area contributed by atoms with E-state index >= 15 is 0 Å². The lowest BCUT2D eigenvalue weighted by Crippen LogP contribution is -1.96. The summed E-state index contributed by atoms with van der Waals surface area (Å²) in [6.45, 7) is 3.93. The van der Waals surface area contributed by atoms with Gasteiger partial charge >= 0.3 is 0 Å². The van der Waals surface area contributed by atoms with Crippen molar-refractivity contribution in [3.63, 3.8) is 0 Å². The fourth-order valence-electron chi connectivity index (χ4n) is 0.963. The Labute approximate surface area is 87.3 Å². The lowest BCUT2D eigenvalue weighted by atomic mass is 10.2. The molecule has 0 aliphatic heterocycles. The van der Waals surface area contributed by atoms with E-state index in [1.165, 1.54) is 6.21 Å². The van der Waals surface area contributed by atoms with Gasteiger partial charge in [0.05, 0.1) is 6.21 Å². The maximum Gasteiger partial charge on any atom is 0.128 e. The van der Waals surface area contributed by atoms with E-state index < -0.39 is 0 Å². The second kappa shape index (κ2) is 5.29. The first-order valence-corrected chi connectivity index (χ1v) is 4.36. The number of rotatable bonds is 4. The van der Waals surface area contributed by atoms with Crippen molar-refractivity contribution in [2.45, 2.75) is 0 Å². The summed E-state index contributed by atoms with van der Waals surface area (Å²) in [7, 11) is 0. The molecule has 0 amide bonds. The minimum absolute atomic E-state index is 0.397. The maximum absolute atomic E-state index is 8.41. The molecule has 0 aliphatic carbocycles. The first-order chi connectivity index (χ1) is 6.77. The third-order valence-electron chi connectivity index (χ3n) is 1.53. The van der Waals surface area contributed by atoms with Crippen LogP contribution in [0.25, 0.3) is 0 Å². The molecule has 1 aromatic rings. The Balaban J connectivity index is 2.95. The average molecular weight is 212 g/mol. The van der Waals surface area contributed by atoms with Crippen LogP contribution in [-0.2, 0) is 0 Å². The van der Waals surface area contributed by atoms with Crippen LogP contribution in [0.3, 0.4) is 0 Å². The Morgan fingerprint density at radius 1 is 1.57 bits per heavy atom. The van der Waals surface area contributed by atoms with Crippen molar-refractivity contribution in [1.82, 2.24) is 0 Å². The lowest BCUT2D eigenvalue weighted by Gasteiger charge is -2.06. The van der Waals surface area contributed by atoms with Crippen LogP contribution < -0.4 is 4.74 Å². The molecule has 0 spiro atoms. The van der Waals surface area contributed by atoms with E-state index in [4.69, 9.17) is 21.5 Å². The van der Waals surface area contributed by atoms with Crippen molar-refractivity contribution in [1.29, 1.82) is 0 Å². The Hall–Kier alpha value is -1.48. The van der Waals surface area contributed by atoms with Crippen LogP contribution in [0.1, 0.15) is 5.56 Å². The molecule has 0 saturated heterocycles. The summed E-state index contributed by atoms with van der Waals surface area (Å²) in [5.41, 5.74) is 0.627. The molecule has 1 rings (SSSR count). The molecule has 14 heavy (non-hydrogen) atoms. The van der Waals surface area contributed by atoms with Crippen molar-refractivity contribution in [3.8, 4) is 5.75 Å². The number of benzene rings is 1. The van der Waals surface area contributed by atoms with Gasteiger partial charge in [0.2, 0.25) is 0 Å². The van der Waals surface area contributed by atoms with Crippen LogP contribution in [0.15, 0.2) is 36.0 Å². The topological polar surface area (TPSA) is 41.8 Å². The third-order valence-corrected chi connectivity index (χ3v) is 1.76. The molecule has 0 unspecified atom stereocenters. The molecule has 1 aromatic carbocycles. The molecular formula is C10H10ClNO2. The molecular weight excluding hydrogens is 202 g/mol. The van der Waals surface area contributed by atoms with Gasteiger partial charge in [-0.25, -0.2) is 0 Å². The second-order valence-electron chi connectivity index (χ2n) is 2.53. The van der Waals surface area contributed by atoms with Crippen molar-refractivity contribution in [2.24, 2.45) is 5.16 Å². The Kier molecular flexibility index (Phi) is 4.01. The molecule has 0 aliphatic rings. The van der Waals surface area contributed by atoms with Gasteiger partial charge in [-0.2, -0.15) is 0 Å². The van der Waals surface area contributed by atoms with Gasteiger partial charge in [0.15, 0.2) is 0 Å². The highest BCUT2D eigenvalue weighted by atomic mass is 35.5. The molecule has 0 atom stereocenters. The first-order valence-electron chi connectivity index (χ1n) is 3.98. The fourth-order valence-corrected chi connectivity index (χ4v) is 1.14. The van der Waals surface area contributed by atoms with Crippen LogP contribution in [-0.4, -0.2) is 18.0 Å². The standard InChI is InChI=1S/C10H10ClNO2/c1-2-5-14-10-4-3-9(11)6-8(10)7-12-13/h2-4,6-7,13H,1,5H2/b12-7+. The Bertz CT molecular complexity index is 350. The van der Waals surface area contributed by atoms with Crippen LogP contribution in [0, 0.1) is 0 Å². The molecule has 0 fully saturated rings. The quantitative estimate of drug-likeness (QED) is 0.360. The summed E-state index contributed by atoms with van der Waals surface area (Å²) >= 11 is 5.77. The van der Waals surface area contributed by atoms with Gasteiger partial charge in [0.1, 0.15) is 12.4 Å². The first kappa shape index (κ1) is 10.6. The van der Waals surface area contributed by atoms with E-state index in [9.17, 15) is 0 Å². The van der Waals surface area contributed by atoms with E-state index in [0.29, 0.717) is 22.9 Å². The highest BCUT2D eigenvalue weighted by molar-refractivity contribution is 6.30. The lowest BCUT2D eigenvalue weighted by molar-refractivity contribution is 0.321. The van der Waals surface area contributed by atoms with Crippen LogP contribution in [0.4, 0.5) is 0 Å². The molecule has 0 aromatic heterocycles. The summed E-state index contributed by atoms with van der Waals surface area (Å²) in [5.74, 6) is 0.604. The number of nitrogens with zero attached hydrogens (tertiary/aromatic N) is 1. The molecule has 0 bridgehead atoms. The van der Waals surface area contributed by atoms with Crippen molar-refractivity contribution >= 4 is 17.8 Å². The largest absolute Gasteiger partial charge is 0.489 e. The van der Waals surface area contributed by atoms with E-state index in [-0.39, 0.29) is 0 Å². The van der Waals surface area contributed by atoms with E-state index in [2.05, 4.69) is 11.7 Å². The predicted molar refractivity (Wildman–Crippen MR) is 56.5 cm³/mol. The molecule has 0 radical (unpaired) electrons. The summed E-state index contributed by atoms with van der Waals surface area (Å²) in [4.78, 5) is 0. The van der Waals surface area contributed by atoms with Gasteiger partial charge in [0, 0.05) is 10.6 Å². The number of ether oxygens (including phenoxy) is 1. The van der Waals surface area contributed by atoms with Gasteiger partial charge in [-0.1, -0.05) is 29.4 Å². The monoisotopic (exact) mass is 211 g/mol. The summed E-state index contributed by atoms with van der Waals surface area (Å²) in [5, 5.41) is 11.9. The van der Waals surface area contributed by atoms with E-state index in [0.717, 1.165) is 0 Å². The average Bonchev–Trinajstić information content (AvgIpc) is 2.17. The molecule has 0 saturated carbocycles. The normalized spacial score (nSPS) is 10.4. The zero-order valence-corrected chi connectivity index (χ0v) is 8.24. The summed E-state index contributed by atoms with van der Waals surface area (Å²) in [6.07, 6.45) is 2.90. The summed E-state index contributed by atoms with van der Waals surface area (Å²) < 4.78 is 5.31. The Morgan fingerprint density at radius 2 is 2.36 bits per heavy atom. The molecule has 3 nitrogen and oxygen atoms in total. The van der Waals surface area contributed by atoms with Crippen molar-refractivity contribution in [3.05, 3.63) is 41.4 Å². The fraction of sp³-hybridized carbons (Fsp3) is 0.100. The van der Waals surface area contributed by atoms with Gasteiger partial charge in [0.25, 0.3) is 0 Å². The maximum atomic E-state index is 8.41. The third kappa shape index (κ3) is 2.78. The van der Waals surface area contributed by atoms with Crippen LogP contribution in [0.5, 0.6) is 5.75 Å². The number of hydrogen-bond donors (Lipinski definition) is 1. The van der Waals surface area contributed by atoms with Crippen molar-refractivity contribution in [2.75, 3.05) is 6.61 Å². The Morgan fingerprint density at radius 3 is 3.00 bits per heavy atom. The SMILES string of the molecule is C=CCOc1ccc(Cl)cc1/C=N/O. The van der Waals surface area contributed by atoms with Crippen LogP contribution >= 0.6 is 11.6 Å². The highest BCUT2D eigenvalue weighted by Gasteiger charge is 2.01. The molecule has 0 heterocycles. The molecule has 74 valence electrons.